The zero-order valence-electron chi connectivity index (χ0n) is 12.5. The number of aromatic nitrogens is 1. The summed E-state index contributed by atoms with van der Waals surface area (Å²) in [5.74, 6) is -0.705. The first kappa shape index (κ1) is 19.5. The Labute approximate surface area is 151 Å². The van der Waals surface area contributed by atoms with Gasteiger partial charge in [0.2, 0.25) is 0 Å². The molecule has 0 saturated heterocycles. The molecule has 0 atom stereocenters. The third kappa shape index (κ3) is 4.73. The van der Waals surface area contributed by atoms with E-state index < -0.39 is 10.9 Å². The third-order valence-electron chi connectivity index (χ3n) is 2.62. The quantitative estimate of drug-likeness (QED) is 0.320. The number of para-hydroxylation sites is 2. The molecule has 0 spiro atoms. The highest BCUT2D eigenvalue weighted by atomic mass is 79.9. The molecule has 2 aromatic rings. The lowest BCUT2D eigenvalue weighted by atomic mass is 10.3. The summed E-state index contributed by atoms with van der Waals surface area (Å²) in [5, 5.41) is 16.7. The lowest BCUT2D eigenvalue weighted by Crippen LogP contribution is -2.20. The van der Waals surface area contributed by atoms with Crippen LogP contribution in [0.2, 0.25) is 0 Å². The van der Waals surface area contributed by atoms with E-state index in [9.17, 15) is 14.9 Å². The zero-order chi connectivity index (χ0) is 16.8. The number of ether oxygens (including phenoxy) is 1. The predicted octanol–water partition coefficient (Wildman–Crippen LogP) is 2.59. The lowest BCUT2D eigenvalue weighted by Gasteiger charge is -2.05. The molecular formula is C13H14BrN5O4S. The Morgan fingerprint density at radius 3 is 2.79 bits per heavy atom. The monoisotopic (exact) mass is 415 g/mol. The van der Waals surface area contributed by atoms with Crippen molar-refractivity contribution in [3.63, 3.8) is 0 Å². The van der Waals surface area contributed by atoms with E-state index >= 15 is 0 Å². The van der Waals surface area contributed by atoms with Crippen LogP contribution in [-0.4, -0.2) is 28.2 Å². The first-order chi connectivity index (χ1) is 11.0. The molecule has 0 saturated carbocycles. The summed E-state index contributed by atoms with van der Waals surface area (Å²) in [5.41, 5.74) is 8.16. The van der Waals surface area contributed by atoms with Crippen LogP contribution in [0.5, 0.6) is 0 Å². The second-order valence-electron chi connectivity index (χ2n) is 4.14. The van der Waals surface area contributed by atoms with Crippen molar-refractivity contribution in [2.24, 2.45) is 5.10 Å². The second kappa shape index (κ2) is 8.93. The van der Waals surface area contributed by atoms with Gasteiger partial charge in [0.15, 0.2) is 10.8 Å². The van der Waals surface area contributed by atoms with Crippen LogP contribution in [0.15, 0.2) is 34.7 Å². The van der Waals surface area contributed by atoms with Gasteiger partial charge in [-0.05, 0) is 13.0 Å². The minimum absolute atomic E-state index is 0. The van der Waals surface area contributed by atoms with Crippen molar-refractivity contribution >= 4 is 56.5 Å². The molecule has 0 radical (unpaired) electrons. The summed E-state index contributed by atoms with van der Waals surface area (Å²) in [6, 6.07) is 5.93. The average Bonchev–Trinajstić information content (AvgIpc) is 2.94. The molecular weight excluding hydrogens is 402 g/mol. The van der Waals surface area contributed by atoms with Crippen molar-refractivity contribution in [3.8, 4) is 0 Å². The summed E-state index contributed by atoms with van der Waals surface area (Å²) in [7, 11) is 0. The topological polar surface area (TPSA) is 133 Å². The molecule has 0 aliphatic heterocycles. The molecule has 11 heteroatoms. The fourth-order valence-corrected chi connectivity index (χ4v) is 2.19. The van der Waals surface area contributed by atoms with Crippen LogP contribution in [0.4, 0.5) is 16.5 Å². The number of nitrogens with zero attached hydrogens (tertiary/aromatic N) is 3. The van der Waals surface area contributed by atoms with Crippen molar-refractivity contribution in [2.45, 2.75) is 6.92 Å². The van der Waals surface area contributed by atoms with Gasteiger partial charge in [-0.1, -0.05) is 12.1 Å². The number of anilines is 2. The van der Waals surface area contributed by atoms with Crippen LogP contribution in [0, 0.1) is 10.1 Å². The van der Waals surface area contributed by atoms with Gasteiger partial charge in [-0.15, -0.1) is 28.3 Å². The SMILES string of the molecule is Br.CCOC(=O)/C(=N\Nc1ccccc1[N+](=O)[O-])c1csc(N)n1. The summed E-state index contributed by atoms with van der Waals surface area (Å²) in [6.45, 7) is 1.81. The summed E-state index contributed by atoms with van der Waals surface area (Å²) in [6.07, 6.45) is 0. The molecule has 1 aromatic carbocycles. The third-order valence-corrected chi connectivity index (χ3v) is 3.30. The number of nitro benzene ring substituents is 1. The Morgan fingerprint density at radius 1 is 1.50 bits per heavy atom. The van der Waals surface area contributed by atoms with Crippen molar-refractivity contribution in [2.75, 3.05) is 17.8 Å². The lowest BCUT2D eigenvalue weighted by molar-refractivity contribution is -0.384. The number of nitrogens with two attached hydrogens (primary N) is 1. The van der Waals surface area contributed by atoms with Crippen LogP contribution < -0.4 is 11.2 Å². The van der Waals surface area contributed by atoms with Gasteiger partial charge in [0.1, 0.15) is 11.4 Å². The predicted molar refractivity (Wildman–Crippen MR) is 96.7 cm³/mol. The molecule has 0 unspecified atom stereocenters. The molecule has 0 aliphatic carbocycles. The van der Waals surface area contributed by atoms with E-state index in [-0.39, 0.29) is 51.5 Å². The van der Waals surface area contributed by atoms with Crippen molar-refractivity contribution in [1.29, 1.82) is 0 Å². The normalized spacial score (nSPS) is 10.6. The minimum Gasteiger partial charge on any atom is -0.461 e. The molecule has 1 aromatic heterocycles. The van der Waals surface area contributed by atoms with Gasteiger partial charge in [0.25, 0.3) is 5.69 Å². The maximum atomic E-state index is 12.0. The maximum Gasteiger partial charge on any atom is 0.361 e. The Kier molecular flexibility index (Phi) is 7.27. The second-order valence-corrected chi connectivity index (χ2v) is 5.03. The minimum atomic E-state index is -0.705. The molecule has 0 fully saturated rings. The first-order valence-corrected chi connectivity index (χ1v) is 7.36. The first-order valence-electron chi connectivity index (χ1n) is 6.48. The van der Waals surface area contributed by atoms with E-state index in [4.69, 9.17) is 10.5 Å². The number of hydrogen-bond acceptors (Lipinski definition) is 9. The molecule has 0 amide bonds. The van der Waals surface area contributed by atoms with Crippen LogP contribution in [-0.2, 0) is 9.53 Å². The molecule has 24 heavy (non-hydrogen) atoms. The molecule has 9 nitrogen and oxygen atoms in total. The molecule has 0 aliphatic rings. The van der Waals surface area contributed by atoms with E-state index in [0.717, 1.165) is 11.3 Å². The van der Waals surface area contributed by atoms with Gasteiger partial charge in [-0.3, -0.25) is 15.5 Å². The fourth-order valence-electron chi connectivity index (χ4n) is 1.65. The van der Waals surface area contributed by atoms with Gasteiger partial charge in [-0.25, -0.2) is 9.78 Å². The number of hydrogen-bond donors (Lipinski definition) is 2. The summed E-state index contributed by atoms with van der Waals surface area (Å²) >= 11 is 1.14. The smallest absolute Gasteiger partial charge is 0.361 e. The van der Waals surface area contributed by atoms with Gasteiger partial charge in [0.05, 0.1) is 11.5 Å². The number of esters is 1. The molecule has 0 bridgehead atoms. The number of nitrogen functional groups attached to an aromatic ring is 1. The molecule has 2 rings (SSSR count). The number of rotatable bonds is 6. The van der Waals surface area contributed by atoms with E-state index in [1.165, 1.54) is 18.2 Å². The number of nitrogens with one attached hydrogen (secondary N) is 1. The number of carbonyl (C=O) groups is 1. The number of thiazole rings is 1. The zero-order valence-corrected chi connectivity index (χ0v) is 15.0. The Balaban J connectivity index is 0.00000288. The standard InChI is InChI=1S/C13H13N5O4S.BrH/c1-2-22-12(19)11(9-7-23-13(14)15-9)17-16-8-5-3-4-6-10(8)18(20)21;/h3-7,16H,2H2,1H3,(H2,14,15);1H/b17-11-;. The Hall–Kier alpha value is -2.53. The molecule has 3 N–H and O–H groups in total. The number of hydrazone groups is 1. The van der Waals surface area contributed by atoms with Gasteiger partial charge < -0.3 is 10.5 Å². The fraction of sp³-hybridized carbons (Fsp3) is 0.154. The average molecular weight is 416 g/mol. The highest BCUT2D eigenvalue weighted by molar-refractivity contribution is 8.93. The van der Waals surface area contributed by atoms with E-state index in [1.807, 2.05) is 0 Å². The Bertz CT molecular complexity index is 764. The van der Waals surface area contributed by atoms with Crippen molar-refractivity contribution in [3.05, 3.63) is 45.5 Å². The summed E-state index contributed by atoms with van der Waals surface area (Å²) < 4.78 is 4.91. The van der Waals surface area contributed by atoms with E-state index in [2.05, 4.69) is 15.5 Å². The maximum absolute atomic E-state index is 12.0. The van der Waals surface area contributed by atoms with Crippen LogP contribution >= 0.6 is 28.3 Å². The number of benzene rings is 1. The van der Waals surface area contributed by atoms with E-state index in [1.54, 1.807) is 18.4 Å². The van der Waals surface area contributed by atoms with Gasteiger partial charge in [-0.2, -0.15) is 5.10 Å². The van der Waals surface area contributed by atoms with Gasteiger partial charge >= 0.3 is 5.97 Å². The van der Waals surface area contributed by atoms with Crippen molar-refractivity contribution < 1.29 is 14.5 Å². The van der Waals surface area contributed by atoms with E-state index in [0.29, 0.717) is 0 Å². The number of carbonyl (C=O) groups excluding carboxylic acids is 1. The highest BCUT2D eigenvalue weighted by Crippen LogP contribution is 2.23. The van der Waals surface area contributed by atoms with Gasteiger partial charge in [0, 0.05) is 11.4 Å². The summed E-state index contributed by atoms with van der Waals surface area (Å²) in [4.78, 5) is 26.4. The molecule has 1 heterocycles. The Morgan fingerprint density at radius 2 is 2.21 bits per heavy atom. The van der Waals surface area contributed by atoms with Crippen LogP contribution in [0.25, 0.3) is 0 Å². The number of nitro groups is 1. The van der Waals surface area contributed by atoms with Crippen LogP contribution in [0.1, 0.15) is 12.6 Å². The highest BCUT2D eigenvalue weighted by Gasteiger charge is 2.20. The largest absolute Gasteiger partial charge is 0.461 e. The van der Waals surface area contributed by atoms with Crippen molar-refractivity contribution in [1.82, 2.24) is 4.98 Å². The number of halogens is 1. The van der Waals surface area contributed by atoms with Crippen LogP contribution in [0.3, 0.4) is 0 Å². The molecule has 128 valence electrons.